The van der Waals surface area contributed by atoms with Crippen molar-refractivity contribution in [1.82, 2.24) is 20.3 Å². The molecular formula is C24H20N4O2. The van der Waals surface area contributed by atoms with E-state index in [2.05, 4.69) is 26.3 Å². The summed E-state index contributed by atoms with van der Waals surface area (Å²) in [7, 11) is 0. The van der Waals surface area contributed by atoms with Crippen LogP contribution in [0.5, 0.6) is 5.75 Å². The minimum Gasteiger partial charge on any atom is -0.491 e. The van der Waals surface area contributed by atoms with E-state index < -0.39 is 0 Å². The molecule has 3 aromatic heterocycles. The summed E-state index contributed by atoms with van der Waals surface area (Å²) in [6.07, 6.45) is 7.71. The van der Waals surface area contributed by atoms with Gasteiger partial charge >= 0.3 is 0 Å². The normalized spacial score (nSPS) is 15.3. The van der Waals surface area contributed by atoms with Crippen LogP contribution in [-0.2, 0) is 6.42 Å². The van der Waals surface area contributed by atoms with Crippen molar-refractivity contribution < 1.29 is 9.53 Å². The first kappa shape index (κ1) is 18.2. The molecule has 30 heavy (non-hydrogen) atoms. The average Bonchev–Trinajstić information content (AvgIpc) is 2.78. The fraction of sp³-hybridized carbons (Fsp3) is 0.167. The minimum atomic E-state index is -0.151. The van der Waals surface area contributed by atoms with E-state index in [4.69, 9.17) is 4.74 Å². The number of pyridine rings is 3. The van der Waals surface area contributed by atoms with Gasteiger partial charge in [-0.1, -0.05) is 18.2 Å². The van der Waals surface area contributed by atoms with Crippen molar-refractivity contribution in [3.8, 4) is 16.9 Å². The molecular weight excluding hydrogens is 376 g/mol. The van der Waals surface area contributed by atoms with Gasteiger partial charge in [0.2, 0.25) is 0 Å². The second-order valence-electron chi connectivity index (χ2n) is 7.40. The average molecular weight is 396 g/mol. The maximum Gasteiger partial charge on any atom is 0.253 e. The van der Waals surface area contributed by atoms with E-state index in [1.807, 2.05) is 49.5 Å². The third-order valence-electron chi connectivity index (χ3n) is 5.38. The molecule has 4 aromatic rings. The van der Waals surface area contributed by atoms with Crippen LogP contribution < -0.4 is 10.1 Å². The summed E-state index contributed by atoms with van der Waals surface area (Å²) in [5.74, 6) is 0.707. The molecule has 1 aromatic carbocycles. The van der Waals surface area contributed by atoms with Crippen LogP contribution >= 0.6 is 0 Å². The summed E-state index contributed by atoms with van der Waals surface area (Å²) in [6, 6.07) is 13.5. The molecule has 0 radical (unpaired) electrons. The van der Waals surface area contributed by atoms with Gasteiger partial charge in [-0.3, -0.25) is 19.7 Å². The molecule has 0 saturated heterocycles. The maximum absolute atomic E-state index is 13.0. The van der Waals surface area contributed by atoms with Gasteiger partial charge < -0.3 is 10.1 Å². The lowest BCUT2D eigenvalue weighted by molar-refractivity contribution is 0.0914. The number of benzene rings is 1. The zero-order chi connectivity index (χ0) is 20.5. The molecule has 6 nitrogen and oxygen atoms in total. The van der Waals surface area contributed by atoms with Crippen LogP contribution in [0, 0.1) is 6.92 Å². The molecule has 0 fully saturated rings. The van der Waals surface area contributed by atoms with Gasteiger partial charge in [0.25, 0.3) is 5.91 Å². The van der Waals surface area contributed by atoms with Crippen molar-refractivity contribution in [2.24, 2.45) is 0 Å². The molecule has 148 valence electrons. The topological polar surface area (TPSA) is 77.0 Å². The second-order valence-corrected chi connectivity index (χ2v) is 7.40. The number of aromatic nitrogens is 3. The molecule has 1 aliphatic heterocycles. The Hall–Kier alpha value is -3.80. The minimum absolute atomic E-state index is 0.133. The Balaban J connectivity index is 1.41. The molecule has 0 spiro atoms. The van der Waals surface area contributed by atoms with Crippen molar-refractivity contribution in [1.29, 1.82) is 0 Å². The fourth-order valence-electron chi connectivity index (χ4n) is 3.90. The SMILES string of the molecule is Cc1nc2ccncc2cc1C(=O)N[C@@H]1COc2cccc(-c3cccnc3)c2C1. The van der Waals surface area contributed by atoms with E-state index in [0.29, 0.717) is 24.3 Å². The Morgan fingerprint density at radius 2 is 2.00 bits per heavy atom. The highest BCUT2D eigenvalue weighted by molar-refractivity contribution is 5.98. The fourth-order valence-corrected chi connectivity index (χ4v) is 3.90. The van der Waals surface area contributed by atoms with Crippen LogP contribution in [0.2, 0.25) is 0 Å². The lowest BCUT2D eigenvalue weighted by Gasteiger charge is -2.28. The van der Waals surface area contributed by atoms with Crippen LogP contribution in [-0.4, -0.2) is 33.5 Å². The molecule has 1 amide bonds. The van der Waals surface area contributed by atoms with Gasteiger partial charge in [-0.05, 0) is 36.8 Å². The third-order valence-corrected chi connectivity index (χ3v) is 5.38. The van der Waals surface area contributed by atoms with Gasteiger partial charge in [-0.25, -0.2) is 0 Å². The lowest BCUT2D eigenvalue weighted by Crippen LogP contribution is -2.43. The number of nitrogens with zero attached hydrogens (tertiary/aromatic N) is 3. The van der Waals surface area contributed by atoms with Gasteiger partial charge in [0.05, 0.1) is 22.8 Å². The first-order valence-corrected chi connectivity index (χ1v) is 9.86. The number of carbonyl (C=O) groups is 1. The molecule has 0 aliphatic carbocycles. The second kappa shape index (κ2) is 7.55. The summed E-state index contributed by atoms with van der Waals surface area (Å²) in [5.41, 5.74) is 5.28. The van der Waals surface area contributed by atoms with Gasteiger partial charge in [0.1, 0.15) is 12.4 Å². The third kappa shape index (κ3) is 3.37. The van der Waals surface area contributed by atoms with E-state index in [0.717, 1.165) is 33.3 Å². The largest absolute Gasteiger partial charge is 0.491 e. The molecule has 0 saturated carbocycles. The summed E-state index contributed by atoms with van der Waals surface area (Å²) < 4.78 is 5.97. The number of amides is 1. The zero-order valence-corrected chi connectivity index (χ0v) is 16.5. The van der Waals surface area contributed by atoms with Crippen LogP contribution in [0.4, 0.5) is 0 Å². The van der Waals surface area contributed by atoms with E-state index in [9.17, 15) is 4.79 Å². The van der Waals surface area contributed by atoms with Crippen LogP contribution in [0.25, 0.3) is 22.0 Å². The number of hydrogen-bond donors (Lipinski definition) is 1. The molecule has 4 heterocycles. The monoisotopic (exact) mass is 396 g/mol. The molecule has 0 bridgehead atoms. The number of rotatable bonds is 3. The van der Waals surface area contributed by atoms with E-state index >= 15 is 0 Å². The van der Waals surface area contributed by atoms with Crippen LogP contribution in [0.15, 0.2) is 67.3 Å². The smallest absolute Gasteiger partial charge is 0.253 e. The Morgan fingerprint density at radius 3 is 2.87 bits per heavy atom. The summed E-state index contributed by atoms with van der Waals surface area (Å²) in [6.45, 7) is 2.28. The van der Waals surface area contributed by atoms with Crippen molar-refractivity contribution in [3.05, 3.63) is 84.1 Å². The van der Waals surface area contributed by atoms with Gasteiger partial charge in [0.15, 0.2) is 0 Å². The maximum atomic E-state index is 13.0. The van der Waals surface area contributed by atoms with E-state index in [1.54, 1.807) is 18.6 Å². The van der Waals surface area contributed by atoms with Gasteiger partial charge in [-0.15, -0.1) is 0 Å². The Bertz CT molecular complexity index is 1240. The zero-order valence-electron chi connectivity index (χ0n) is 16.5. The molecule has 1 N–H and O–H groups in total. The predicted molar refractivity (Wildman–Crippen MR) is 114 cm³/mol. The number of hydrogen-bond acceptors (Lipinski definition) is 5. The lowest BCUT2D eigenvalue weighted by atomic mass is 9.93. The molecule has 1 aliphatic rings. The van der Waals surface area contributed by atoms with E-state index in [1.165, 1.54) is 0 Å². The van der Waals surface area contributed by atoms with Gasteiger partial charge in [-0.2, -0.15) is 0 Å². The Morgan fingerprint density at radius 1 is 1.10 bits per heavy atom. The predicted octanol–water partition coefficient (Wildman–Crippen LogP) is 3.73. The van der Waals surface area contributed by atoms with Crippen molar-refractivity contribution >= 4 is 16.8 Å². The standard InChI is InChI=1S/C24H20N4O2/c1-15-20(10-17-13-26-9-7-22(17)27-15)24(29)28-18-11-21-19(16-4-3-8-25-12-16)5-2-6-23(21)30-14-18/h2-10,12-13,18H,11,14H2,1H3,(H,28,29)/t18-/m0/s1. The number of ether oxygens (including phenoxy) is 1. The summed E-state index contributed by atoms with van der Waals surface area (Å²) >= 11 is 0. The Kier molecular flexibility index (Phi) is 4.59. The summed E-state index contributed by atoms with van der Waals surface area (Å²) in [5, 5.41) is 3.97. The van der Waals surface area contributed by atoms with Crippen molar-refractivity contribution in [3.63, 3.8) is 0 Å². The van der Waals surface area contributed by atoms with E-state index in [-0.39, 0.29) is 11.9 Å². The number of fused-ring (bicyclic) bond motifs is 2. The highest BCUT2D eigenvalue weighted by Gasteiger charge is 2.25. The Labute approximate surface area is 174 Å². The number of aryl methyl sites for hydroxylation is 1. The van der Waals surface area contributed by atoms with Crippen molar-refractivity contribution in [2.45, 2.75) is 19.4 Å². The quantitative estimate of drug-likeness (QED) is 0.571. The van der Waals surface area contributed by atoms with Crippen LogP contribution in [0.1, 0.15) is 21.6 Å². The van der Waals surface area contributed by atoms with Crippen LogP contribution in [0.3, 0.4) is 0 Å². The molecule has 1 atom stereocenters. The number of carbonyl (C=O) groups excluding carboxylic acids is 1. The molecule has 5 rings (SSSR count). The highest BCUT2D eigenvalue weighted by atomic mass is 16.5. The summed E-state index contributed by atoms with van der Waals surface area (Å²) in [4.78, 5) is 25.9. The first-order valence-electron chi connectivity index (χ1n) is 9.86. The highest BCUT2D eigenvalue weighted by Crippen LogP contribution is 2.34. The number of nitrogens with one attached hydrogen (secondary N) is 1. The first-order chi connectivity index (χ1) is 14.7. The van der Waals surface area contributed by atoms with Gasteiger partial charge in [0, 0.05) is 47.7 Å². The molecule has 0 unspecified atom stereocenters. The van der Waals surface area contributed by atoms with Crippen molar-refractivity contribution in [2.75, 3.05) is 6.61 Å². The molecule has 6 heteroatoms.